The maximum absolute atomic E-state index is 12.9. The Morgan fingerprint density at radius 3 is 2.22 bits per heavy atom. The summed E-state index contributed by atoms with van der Waals surface area (Å²) >= 11 is -2.55. The second-order valence-electron chi connectivity index (χ2n) is 8.99. The molecule has 37 heavy (non-hydrogen) atoms. The summed E-state index contributed by atoms with van der Waals surface area (Å²) in [6, 6.07) is 17.3. The predicted octanol–water partition coefficient (Wildman–Crippen LogP) is 3.86. The highest BCUT2D eigenvalue weighted by Crippen LogP contribution is 2.34. The Balaban J connectivity index is 1.44. The number of hydrogen-bond acceptors (Lipinski definition) is 6. The molecule has 2 aliphatic rings. The number of ether oxygens (including phenoxy) is 1. The van der Waals surface area contributed by atoms with Crippen LogP contribution in [-0.4, -0.2) is 62.2 Å². The van der Waals surface area contributed by atoms with E-state index in [1.807, 2.05) is 18.2 Å². The lowest BCUT2D eigenvalue weighted by atomic mass is 10.0. The summed E-state index contributed by atoms with van der Waals surface area (Å²) in [4.78, 5) is 40.7. The molecule has 1 unspecified atom stereocenters. The molecule has 0 N–H and O–H groups in total. The molecule has 9 nitrogen and oxygen atoms in total. The van der Waals surface area contributed by atoms with Crippen LogP contribution in [0.4, 0.5) is 10.5 Å². The van der Waals surface area contributed by atoms with Gasteiger partial charge in [0.25, 0.3) is 11.8 Å². The number of carbonyl (C=O) groups is 3. The van der Waals surface area contributed by atoms with E-state index in [4.69, 9.17) is 4.74 Å². The first-order valence-electron chi connectivity index (χ1n) is 12.2. The molecular formula is C27H26N3O6S-. The Bertz CT molecular complexity index is 1370. The Hall–Kier alpha value is -3.76. The minimum atomic E-state index is -2.55. The van der Waals surface area contributed by atoms with Crippen molar-refractivity contribution in [2.75, 3.05) is 24.0 Å². The number of imide groups is 1. The quantitative estimate of drug-likeness (QED) is 0.361. The second-order valence-corrected chi connectivity index (χ2v) is 9.82. The van der Waals surface area contributed by atoms with Gasteiger partial charge in [-0.15, -0.1) is 0 Å². The largest absolute Gasteiger partial charge is 0.755 e. The minimum absolute atomic E-state index is 0.0749. The molecule has 0 aromatic heterocycles. The van der Waals surface area contributed by atoms with Crippen molar-refractivity contribution in [3.05, 3.63) is 77.4 Å². The Labute approximate surface area is 217 Å². The molecule has 1 fully saturated rings. The van der Waals surface area contributed by atoms with E-state index < -0.39 is 17.4 Å². The van der Waals surface area contributed by atoms with Crippen molar-refractivity contribution in [1.29, 1.82) is 0 Å². The standard InChI is InChI=1S/C27H27N3O6S/c1-2-36-27(33)28-15-13-19(14-16-28)30(37(34)35)24-12-6-10-20-18(7-5-11-21(20)24)17-29-25(31)22-8-3-4-9-23(22)26(29)32/h3-12,19H,2,13-17H2,1H3,(H,34,35)/p-1. The molecular weight excluding hydrogens is 494 g/mol. The van der Waals surface area contributed by atoms with E-state index in [1.54, 1.807) is 54.3 Å². The lowest BCUT2D eigenvalue weighted by molar-refractivity contribution is 0.0642. The van der Waals surface area contributed by atoms with E-state index in [0.717, 1.165) is 10.9 Å². The molecule has 3 amide bonds. The number of piperidine rings is 1. The molecule has 0 saturated carbocycles. The lowest BCUT2D eigenvalue weighted by Crippen LogP contribution is -2.47. The van der Waals surface area contributed by atoms with Crippen molar-refractivity contribution in [1.82, 2.24) is 9.80 Å². The lowest BCUT2D eigenvalue weighted by Gasteiger charge is -2.40. The summed E-state index contributed by atoms with van der Waals surface area (Å²) in [5, 5.41) is 1.46. The van der Waals surface area contributed by atoms with Gasteiger partial charge in [-0.3, -0.25) is 23.0 Å². The van der Waals surface area contributed by atoms with E-state index in [2.05, 4.69) is 0 Å². The van der Waals surface area contributed by atoms with Gasteiger partial charge < -0.3 is 14.2 Å². The summed E-state index contributed by atoms with van der Waals surface area (Å²) in [6.07, 6.45) is 0.550. The van der Waals surface area contributed by atoms with E-state index in [9.17, 15) is 23.1 Å². The molecule has 3 aromatic rings. The number of nitrogens with zero attached hydrogens (tertiary/aromatic N) is 3. The van der Waals surface area contributed by atoms with Crippen LogP contribution in [0.2, 0.25) is 0 Å². The smallest absolute Gasteiger partial charge is 0.409 e. The van der Waals surface area contributed by atoms with Gasteiger partial charge in [-0.25, -0.2) is 4.79 Å². The number of rotatable bonds is 6. The minimum Gasteiger partial charge on any atom is -0.755 e. The molecule has 5 rings (SSSR count). The number of carbonyl (C=O) groups excluding carboxylic acids is 3. The topological polar surface area (TPSA) is 110 Å². The highest BCUT2D eigenvalue weighted by Gasteiger charge is 2.35. The average Bonchev–Trinajstić information content (AvgIpc) is 3.14. The Kier molecular flexibility index (Phi) is 6.94. The molecule has 2 heterocycles. The van der Waals surface area contributed by atoms with Crippen molar-refractivity contribution in [2.45, 2.75) is 32.4 Å². The number of hydrogen-bond donors (Lipinski definition) is 0. The molecule has 192 valence electrons. The number of fused-ring (bicyclic) bond motifs is 2. The predicted molar refractivity (Wildman–Crippen MR) is 138 cm³/mol. The summed E-state index contributed by atoms with van der Waals surface area (Å²) in [6.45, 7) is 2.90. The zero-order chi connectivity index (χ0) is 26.1. The molecule has 0 bridgehead atoms. The van der Waals surface area contributed by atoms with Crippen molar-refractivity contribution < 1.29 is 27.9 Å². The molecule has 2 aliphatic heterocycles. The van der Waals surface area contributed by atoms with Crippen molar-refractivity contribution in [3.8, 4) is 0 Å². The monoisotopic (exact) mass is 520 g/mol. The van der Waals surface area contributed by atoms with Crippen LogP contribution in [0.15, 0.2) is 60.7 Å². The number of anilines is 1. The fraction of sp³-hybridized carbons (Fsp3) is 0.296. The zero-order valence-corrected chi connectivity index (χ0v) is 21.1. The van der Waals surface area contributed by atoms with Crippen LogP contribution >= 0.6 is 0 Å². The first kappa shape index (κ1) is 24.9. The van der Waals surface area contributed by atoms with Gasteiger partial charge in [-0.1, -0.05) is 42.5 Å². The van der Waals surface area contributed by atoms with E-state index in [1.165, 1.54) is 9.21 Å². The van der Waals surface area contributed by atoms with Gasteiger partial charge in [0.15, 0.2) is 0 Å². The van der Waals surface area contributed by atoms with E-state index >= 15 is 0 Å². The van der Waals surface area contributed by atoms with Crippen LogP contribution in [0, 0.1) is 0 Å². The van der Waals surface area contributed by atoms with E-state index in [0.29, 0.717) is 48.1 Å². The molecule has 0 aliphatic carbocycles. The van der Waals surface area contributed by atoms with Gasteiger partial charge in [-0.2, -0.15) is 0 Å². The molecule has 1 atom stereocenters. The molecule has 1 saturated heterocycles. The van der Waals surface area contributed by atoms with Gasteiger partial charge in [-0.05, 0) is 48.9 Å². The number of likely N-dealkylation sites (tertiary alicyclic amines) is 1. The second kappa shape index (κ2) is 10.3. The van der Waals surface area contributed by atoms with Crippen LogP contribution in [0.3, 0.4) is 0 Å². The fourth-order valence-corrected chi connectivity index (χ4v) is 5.91. The molecule has 0 spiro atoms. The Morgan fingerprint density at radius 1 is 0.973 bits per heavy atom. The highest BCUT2D eigenvalue weighted by molar-refractivity contribution is 7.80. The number of amides is 3. The first-order chi connectivity index (χ1) is 17.9. The first-order valence-corrected chi connectivity index (χ1v) is 13.2. The summed E-state index contributed by atoms with van der Waals surface area (Å²) in [7, 11) is 0. The van der Waals surface area contributed by atoms with Crippen LogP contribution in [0.5, 0.6) is 0 Å². The fourth-order valence-electron chi connectivity index (χ4n) is 5.14. The summed E-state index contributed by atoms with van der Waals surface area (Å²) in [5.41, 5.74) is 2.03. The van der Waals surface area contributed by atoms with Crippen LogP contribution in [0.1, 0.15) is 46.0 Å². The van der Waals surface area contributed by atoms with Crippen molar-refractivity contribution >= 4 is 45.6 Å². The van der Waals surface area contributed by atoms with Gasteiger partial charge >= 0.3 is 6.09 Å². The zero-order valence-electron chi connectivity index (χ0n) is 20.3. The van der Waals surface area contributed by atoms with E-state index in [-0.39, 0.29) is 31.0 Å². The Morgan fingerprint density at radius 2 is 1.59 bits per heavy atom. The highest BCUT2D eigenvalue weighted by atomic mass is 32.2. The third-order valence-electron chi connectivity index (χ3n) is 6.92. The van der Waals surface area contributed by atoms with Gasteiger partial charge in [0.2, 0.25) is 0 Å². The maximum Gasteiger partial charge on any atom is 0.409 e. The molecule has 10 heteroatoms. The van der Waals surface area contributed by atoms with Crippen molar-refractivity contribution in [3.63, 3.8) is 0 Å². The molecule has 0 radical (unpaired) electrons. The molecule has 3 aromatic carbocycles. The van der Waals surface area contributed by atoms with Gasteiger partial charge in [0, 0.05) is 35.8 Å². The average molecular weight is 521 g/mol. The third-order valence-corrected chi connectivity index (χ3v) is 7.73. The van der Waals surface area contributed by atoms with Gasteiger partial charge in [0.05, 0.1) is 30.0 Å². The SMILES string of the molecule is CCOC(=O)N1CCC(N(c2cccc3c(CN4C(=O)c5ccccc5C4=O)cccc23)S(=O)[O-])CC1. The maximum atomic E-state index is 12.9. The summed E-state index contributed by atoms with van der Waals surface area (Å²) in [5.74, 6) is -0.686. The van der Waals surface area contributed by atoms with Crippen LogP contribution < -0.4 is 4.31 Å². The van der Waals surface area contributed by atoms with Crippen molar-refractivity contribution in [2.24, 2.45) is 0 Å². The summed E-state index contributed by atoms with van der Waals surface area (Å²) < 4.78 is 31.4. The number of benzene rings is 3. The van der Waals surface area contributed by atoms with Crippen LogP contribution in [0.25, 0.3) is 10.8 Å². The van der Waals surface area contributed by atoms with Crippen LogP contribution in [-0.2, 0) is 22.5 Å². The third kappa shape index (κ3) is 4.58. The van der Waals surface area contributed by atoms with Gasteiger partial charge in [0.1, 0.15) is 0 Å². The normalized spacial score (nSPS) is 16.7.